The molecule has 2 aliphatic carbocycles. The summed E-state index contributed by atoms with van der Waals surface area (Å²) in [5.74, 6) is 0.141. The van der Waals surface area contributed by atoms with E-state index in [-0.39, 0.29) is 11.2 Å². The monoisotopic (exact) mass is 361 g/mol. The van der Waals surface area contributed by atoms with Crippen LogP contribution in [0.1, 0.15) is 55.9 Å². The highest BCUT2D eigenvalue weighted by atomic mass is 32.2. The number of fused-ring (bicyclic) bond motifs is 3. The van der Waals surface area contributed by atoms with Gasteiger partial charge in [0, 0.05) is 16.3 Å². The van der Waals surface area contributed by atoms with Crippen molar-refractivity contribution < 1.29 is 4.79 Å². The van der Waals surface area contributed by atoms with Crippen molar-refractivity contribution >= 4 is 39.2 Å². The molecule has 2 heterocycles. The molecule has 0 spiro atoms. The summed E-state index contributed by atoms with van der Waals surface area (Å²) in [6.07, 6.45) is 11.2. The minimum Gasteiger partial charge on any atom is -0.352 e. The molecule has 0 aliphatic heterocycles. The highest BCUT2D eigenvalue weighted by Gasteiger charge is 2.24. The topological polar surface area (TPSA) is 54.9 Å². The van der Waals surface area contributed by atoms with Gasteiger partial charge in [0.1, 0.15) is 16.2 Å². The molecule has 1 fully saturated rings. The first-order valence-corrected chi connectivity index (χ1v) is 10.6. The third kappa shape index (κ3) is 3.18. The molecule has 4 nitrogen and oxygen atoms in total. The number of nitrogens with one attached hydrogen (secondary N) is 1. The predicted octanol–water partition coefficient (Wildman–Crippen LogP) is 4.11. The molecular weight excluding hydrogens is 338 g/mol. The molecule has 4 rings (SSSR count). The highest BCUT2D eigenvalue weighted by molar-refractivity contribution is 8.00. The second-order valence-electron chi connectivity index (χ2n) is 6.82. The molecule has 24 heavy (non-hydrogen) atoms. The van der Waals surface area contributed by atoms with Gasteiger partial charge in [0.2, 0.25) is 5.91 Å². The lowest BCUT2D eigenvalue weighted by Gasteiger charge is -2.17. The number of hydrogen-bond donors (Lipinski definition) is 1. The number of aromatic nitrogens is 2. The van der Waals surface area contributed by atoms with Crippen LogP contribution in [-0.2, 0) is 17.6 Å². The van der Waals surface area contributed by atoms with E-state index < -0.39 is 0 Å². The number of amides is 1. The smallest absolute Gasteiger partial charge is 0.233 e. The van der Waals surface area contributed by atoms with E-state index in [0.717, 1.165) is 35.5 Å². The van der Waals surface area contributed by atoms with Crippen LogP contribution in [0.5, 0.6) is 0 Å². The average Bonchev–Trinajstić information content (AvgIpc) is 3.22. The van der Waals surface area contributed by atoms with Crippen LogP contribution in [-0.4, -0.2) is 27.2 Å². The Morgan fingerprint density at radius 2 is 2.04 bits per heavy atom. The first-order valence-electron chi connectivity index (χ1n) is 8.94. The zero-order valence-electron chi connectivity index (χ0n) is 14.0. The minimum atomic E-state index is -0.122. The summed E-state index contributed by atoms with van der Waals surface area (Å²) in [6.45, 7) is 1.99. The summed E-state index contributed by atoms with van der Waals surface area (Å²) in [5.41, 5.74) is 1.44. The summed E-state index contributed by atoms with van der Waals surface area (Å²) in [6, 6.07) is 0.375. The fraction of sp³-hybridized carbons (Fsp3) is 0.611. The Bertz CT molecular complexity index is 752. The first-order chi connectivity index (χ1) is 11.7. The molecule has 0 saturated heterocycles. The Morgan fingerprint density at radius 3 is 2.88 bits per heavy atom. The lowest BCUT2D eigenvalue weighted by molar-refractivity contribution is -0.120. The number of hydrogen-bond acceptors (Lipinski definition) is 5. The molecule has 0 unspecified atom stereocenters. The number of nitrogens with zero attached hydrogens (tertiary/aromatic N) is 2. The first kappa shape index (κ1) is 16.3. The van der Waals surface area contributed by atoms with E-state index >= 15 is 0 Å². The lowest BCUT2D eigenvalue weighted by Crippen LogP contribution is -2.37. The molecule has 128 valence electrons. The maximum Gasteiger partial charge on any atom is 0.233 e. The Morgan fingerprint density at radius 1 is 1.25 bits per heavy atom. The van der Waals surface area contributed by atoms with Crippen LogP contribution in [0.15, 0.2) is 11.4 Å². The van der Waals surface area contributed by atoms with Crippen LogP contribution in [0, 0.1) is 0 Å². The zero-order chi connectivity index (χ0) is 16.5. The van der Waals surface area contributed by atoms with Gasteiger partial charge in [-0.15, -0.1) is 11.3 Å². The van der Waals surface area contributed by atoms with Crippen molar-refractivity contribution in [3.05, 3.63) is 16.8 Å². The predicted molar refractivity (Wildman–Crippen MR) is 99.8 cm³/mol. The lowest BCUT2D eigenvalue weighted by atomic mass is 9.97. The second kappa shape index (κ2) is 7.00. The van der Waals surface area contributed by atoms with Gasteiger partial charge in [-0.05, 0) is 51.0 Å². The Balaban J connectivity index is 1.55. The Kier molecular flexibility index (Phi) is 4.77. The van der Waals surface area contributed by atoms with Crippen molar-refractivity contribution in [2.45, 2.75) is 74.6 Å². The molecule has 2 aromatic heterocycles. The van der Waals surface area contributed by atoms with E-state index in [1.165, 1.54) is 41.5 Å². The molecule has 2 aromatic rings. The van der Waals surface area contributed by atoms with Gasteiger partial charge in [0.05, 0.1) is 5.25 Å². The van der Waals surface area contributed by atoms with Crippen molar-refractivity contribution in [1.82, 2.24) is 15.3 Å². The third-order valence-corrected chi connectivity index (χ3v) is 7.38. The third-order valence-electron chi connectivity index (χ3n) is 5.08. The van der Waals surface area contributed by atoms with E-state index in [1.807, 2.05) is 18.3 Å². The number of thioether (sulfide) groups is 1. The molecular formula is C18H23N3OS2. The number of aryl methyl sites for hydroxylation is 2. The van der Waals surface area contributed by atoms with Crippen LogP contribution in [0.3, 0.4) is 0 Å². The summed E-state index contributed by atoms with van der Waals surface area (Å²) < 4.78 is 0. The van der Waals surface area contributed by atoms with E-state index in [9.17, 15) is 4.79 Å². The number of rotatable bonds is 4. The van der Waals surface area contributed by atoms with Gasteiger partial charge in [0.25, 0.3) is 0 Å². The maximum absolute atomic E-state index is 12.5. The summed E-state index contributed by atoms with van der Waals surface area (Å²) in [4.78, 5) is 24.0. The molecule has 0 bridgehead atoms. The molecule has 2 aliphatic rings. The maximum atomic E-state index is 12.5. The standard InChI is InChI=1S/C18H23N3OS2/c1-11(16(22)21-12-6-2-3-7-12)23-17-15-13-8-4-5-9-14(13)24-18(15)20-10-19-17/h10-12H,2-9H2,1H3,(H,21,22)/t11-/m0/s1. The minimum absolute atomic E-state index is 0.122. The largest absolute Gasteiger partial charge is 0.352 e. The molecule has 0 aromatic carbocycles. The van der Waals surface area contributed by atoms with Gasteiger partial charge in [-0.1, -0.05) is 24.6 Å². The molecule has 1 saturated carbocycles. The molecule has 0 radical (unpaired) electrons. The Labute approximate surface area is 150 Å². The van der Waals surface area contributed by atoms with E-state index in [2.05, 4.69) is 15.3 Å². The van der Waals surface area contributed by atoms with Crippen LogP contribution in [0.2, 0.25) is 0 Å². The molecule has 1 N–H and O–H groups in total. The van der Waals surface area contributed by atoms with Gasteiger partial charge < -0.3 is 5.32 Å². The van der Waals surface area contributed by atoms with Crippen LogP contribution < -0.4 is 5.32 Å². The fourth-order valence-corrected chi connectivity index (χ4v) is 6.01. The van der Waals surface area contributed by atoms with Crippen LogP contribution in [0.4, 0.5) is 0 Å². The SMILES string of the molecule is C[C@H](Sc1ncnc2sc3c(c12)CCCC3)C(=O)NC1CCCC1. The number of carbonyl (C=O) groups is 1. The second-order valence-corrected chi connectivity index (χ2v) is 9.23. The molecule has 6 heteroatoms. The van der Waals surface area contributed by atoms with Crippen molar-refractivity contribution in [2.75, 3.05) is 0 Å². The van der Waals surface area contributed by atoms with E-state index in [0.29, 0.717) is 6.04 Å². The van der Waals surface area contributed by atoms with Gasteiger partial charge >= 0.3 is 0 Å². The zero-order valence-corrected chi connectivity index (χ0v) is 15.6. The summed E-state index contributed by atoms with van der Waals surface area (Å²) >= 11 is 3.40. The van der Waals surface area contributed by atoms with Gasteiger partial charge in [0.15, 0.2) is 0 Å². The van der Waals surface area contributed by atoms with E-state index in [1.54, 1.807) is 18.1 Å². The Hall–Kier alpha value is -1.14. The van der Waals surface area contributed by atoms with Crippen molar-refractivity contribution in [1.29, 1.82) is 0 Å². The summed E-state index contributed by atoms with van der Waals surface area (Å²) in [5, 5.41) is 5.27. The van der Waals surface area contributed by atoms with Gasteiger partial charge in [-0.25, -0.2) is 9.97 Å². The fourth-order valence-electron chi connectivity index (χ4n) is 3.76. The van der Waals surface area contributed by atoms with E-state index in [4.69, 9.17) is 0 Å². The highest BCUT2D eigenvalue weighted by Crippen LogP contribution is 2.40. The average molecular weight is 362 g/mol. The number of thiophene rings is 1. The van der Waals surface area contributed by atoms with Gasteiger partial charge in [-0.2, -0.15) is 0 Å². The van der Waals surface area contributed by atoms with Gasteiger partial charge in [-0.3, -0.25) is 4.79 Å². The van der Waals surface area contributed by atoms with Crippen molar-refractivity contribution in [3.8, 4) is 0 Å². The normalized spacial score (nSPS) is 19.4. The van der Waals surface area contributed by atoms with Crippen LogP contribution in [0.25, 0.3) is 10.2 Å². The summed E-state index contributed by atoms with van der Waals surface area (Å²) in [7, 11) is 0. The number of carbonyl (C=O) groups excluding carboxylic acids is 1. The molecule has 1 amide bonds. The van der Waals surface area contributed by atoms with Crippen molar-refractivity contribution in [2.24, 2.45) is 0 Å². The quantitative estimate of drug-likeness (QED) is 0.658. The van der Waals surface area contributed by atoms with Crippen molar-refractivity contribution in [3.63, 3.8) is 0 Å². The molecule has 1 atom stereocenters. The van der Waals surface area contributed by atoms with Crippen LogP contribution >= 0.6 is 23.1 Å².